The summed E-state index contributed by atoms with van der Waals surface area (Å²) in [6.07, 6.45) is 3.73. The molecule has 0 saturated carbocycles. The first-order chi connectivity index (χ1) is 8.24. The summed E-state index contributed by atoms with van der Waals surface area (Å²) in [6.45, 7) is 5.24. The molecule has 94 valence electrons. The number of unbranched alkanes of at least 4 members (excludes halogenated alkanes) is 1. The molecule has 0 aromatic carbocycles. The predicted molar refractivity (Wildman–Crippen MR) is 66.3 cm³/mol. The summed E-state index contributed by atoms with van der Waals surface area (Å²) in [5.74, 6) is 0.0299. The molecule has 1 aromatic rings. The molecule has 1 amide bonds. The highest BCUT2D eigenvalue weighted by molar-refractivity contribution is 5.81. The summed E-state index contributed by atoms with van der Waals surface area (Å²) in [5.41, 5.74) is 0.834. The molecule has 1 atom stereocenters. The molecule has 0 fully saturated rings. The van der Waals surface area contributed by atoms with Gasteiger partial charge in [-0.25, -0.2) is 0 Å². The quantitative estimate of drug-likeness (QED) is 0.689. The van der Waals surface area contributed by atoms with Crippen molar-refractivity contribution in [3.05, 3.63) is 24.0 Å². The Morgan fingerprint density at radius 1 is 1.53 bits per heavy atom. The maximum absolute atomic E-state index is 11.6. The minimum atomic E-state index is -0.214. The van der Waals surface area contributed by atoms with Crippen LogP contribution in [0.4, 0.5) is 0 Å². The van der Waals surface area contributed by atoms with Gasteiger partial charge < -0.3 is 10.6 Å². The van der Waals surface area contributed by atoms with E-state index in [9.17, 15) is 4.79 Å². The number of nitrogens with zero attached hydrogens (tertiary/aromatic N) is 2. The molecule has 0 bridgehead atoms. The van der Waals surface area contributed by atoms with E-state index in [1.807, 2.05) is 19.1 Å². The van der Waals surface area contributed by atoms with E-state index in [0.717, 1.165) is 25.1 Å². The van der Waals surface area contributed by atoms with Gasteiger partial charge in [-0.15, -0.1) is 0 Å². The fourth-order valence-corrected chi connectivity index (χ4v) is 1.32. The maximum Gasteiger partial charge on any atom is 0.236 e. The molecule has 1 heterocycles. The first kappa shape index (κ1) is 13.6. The van der Waals surface area contributed by atoms with E-state index in [2.05, 4.69) is 27.8 Å². The monoisotopic (exact) mass is 236 g/mol. The molecule has 2 N–H and O–H groups in total. The van der Waals surface area contributed by atoms with E-state index in [1.165, 1.54) is 0 Å². The SMILES string of the molecule is CCCCNC(=O)C(C)NCc1cccnn1. The van der Waals surface area contributed by atoms with Crippen LogP contribution in [0.25, 0.3) is 0 Å². The van der Waals surface area contributed by atoms with Gasteiger partial charge in [0.1, 0.15) is 0 Å². The summed E-state index contributed by atoms with van der Waals surface area (Å²) in [6, 6.07) is 3.49. The van der Waals surface area contributed by atoms with Gasteiger partial charge in [0.05, 0.1) is 11.7 Å². The summed E-state index contributed by atoms with van der Waals surface area (Å²) < 4.78 is 0. The van der Waals surface area contributed by atoms with Crippen molar-refractivity contribution in [1.82, 2.24) is 20.8 Å². The van der Waals surface area contributed by atoms with Crippen molar-refractivity contribution < 1.29 is 4.79 Å². The lowest BCUT2D eigenvalue weighted by Crippen LogP contribution is -2.42. The normalized spacial score (nSPS) is 12.1. The Kier molecular flexibility index (Phi) is 6.17. The van der Waals surface area contributed by atoms with E-state index in [4.69, 9.17) is 0 Å². The Hall–Kier alpha value is -1.49. The van der Waals surface area contributed by atoms with Crippen LogP contribution in [-0.4, -0.2) is 28.7 Å². The zero-order valence-corrected chi connectivity index (χ0v) is 10.4. The van der Waals surface area contributed by atoms with Crippen LogP contribution >= 0.6 is 0 Å². The van der Waals surface area contributed by atoms with Crippen molar-refractivity contribution in [3.63, 3.8) is 0 Å². The highest BCUT2D eigenvalue weighted by Gasteiger charge is 2.11. The molecule has 1 aromatic heterocycles. The van der Waals surface area contributed by atoms with Crippen molar-refractivity contribution >= 4 is 5.91 Å². The number of carbonyl (C=O) groups is 1. The standard InChI is InChI=1S/C12H20N4O/c1-3-4-7-13-12(17)10(2)14-9-11-6-5-8-15-16-11/h5-6,8,10,14H,3-4,7,9H2,1-2H3,(H,13,17). The molecule has 0 radical (unpaired) electrons. The van der Waals surface area contributed by atoms with Crippen molar-refractivity contribution in [2.45, 2.75) is 39.3 Å². The number of rotatable bonds is 7. The van der Waals surface area contributed by atoms with E-state index < -0.39 is 0 Å². The van der Waals surface area contributed by atoms with E-state index >= 15 is 0 Å². The average molecular weight is 236 g/mol. The molecule has 0 saturated heterocycles. The molecule has 5 heteroatoms. The Balaban J connectivity index is 2.24. The minimum absolute atomic E-state index is 0.0299. The molecule has 1 unspecified atom stereocenters. The molecular formula is C12H20N4O. The highest BCUT2D eigenvalue weighted by atomic mass is 16.2. The van der Waals surface area contributed by atoms with E-state index in [-0.39, 0.29) is 11.9 Å². The van der Waals surface area contributed by atoms with Crippen molar-refractivity contribution in [2.75, 3.05) is 6.54 Å². The largest absolute Gasteiger partial charge is 0.355 e. The van der Waals surface area contributed by atoms with Gasteiger partial charge in [0.25, 0.3) is 0 Å². The molecule has 0 aliphatic heterocycles. The molecule has 5 nitrogen and oxygen atoms in total. The Labute approximate surface area is 102 Å². The van der Waals surface area contributed by atoms with Crippen LogP contribution in [0.5, 0.6) is 0 Å². The number of aromatic nitrogens is 2. The number of nitrogens with one attached hydrogen (secondary N) is 2. The van der Waals surface area contributed by atoms with Crippen LogP contribution in [0.1, 0.15) is 32.4 Å². The van der Waals surface area contributed by atoms with Gasteiger partial charge in [-0.05, 0) is 25.5 Å². The summed E-state index contributed by atoms with van der Waals surface area (Å²) in [4.78, 5) is 11.6. The predicted octanol–water partition coefficient (Wildman–Crippen LogP) is 0.871. The number of carbonyl (C=O) groups excluding carboxylic acids is 1. The first-order valence-corrected chi connectivity index (χ1v) is 6.01. The van der Waals surface area contributed by atoms with E-state index in [0.29, 0.717) is 6.54 Å². The van der Waals surface area contributed by atoms with Crippen molar-refractivity contribution in [2.24, 2.45) is 0 Å². The molecule has 0 aliphatic rings. The van der Waals surface area contributed by atoms with Gasteiger partial charge in [0.2, 0.25) is 5.91 Å². The molecule has 0 spiro atoms. The van der Waals surface area contributed by atoms with Gasteiger partial charge in [0, 0.05) is 19.3 Å². The van der Waals surface area contributed by atoms with Gasteiger partial charge >= 0.3 is 0 Å². The van der Waals surface area contributed by atoms with Gasteiger partial charge in [-0.3, -0.25) is 4.79 Å². The summed E-state index contributed by atoms with van der Waals surface area (Å²) >= 11 is 0. The number of hydrogen-bond donors (Lipinski definition) is 2. The van der Waals surface area contributed by atoms with Crippen LogP contribution in [0.2, 0.25) is 0 Å². The topological polar surface area (TPSA) is 66.9 Å². The number of amides is 1. The van der Waals surface area contributed by atoms with Gasteiger partial charge in [-0.2, -0.15) is 10.2 Å². The lowest BCUT2D eigenvalue weighted by atomic mass is 10.2. The van der Waals surface area contributed by atoms with Crippen LogP contribution in [-0.2, 0) is 11.3 Å². The lowest BCUT2D eigenvalue weighted by Gasteiger charge is -2.13. The molecular weight excluding hydrogens is 216 g/mol. The third kappa shape index (κ3) is 5.40. The zero-order chi connectivity index (χ0) is 12.5. The van der Waals surface area contributed by atoms with Crippen LogP contribution in [0.3, 0.4) is 0 Å². The molecule has 17 heavy (non-hydrogen) atoms. The second kappa shape index (κ2) is 7.73. The summed E-state index contributed by atoms with van der Waals surface area (Å²) in [5, 5.41) is 13.7. The van der Waals surface area contributed by atoms with E-state index in [1.54, 1.807) is 6.20 Å². The zero-order valence-electron chi connectivity index (χ0n) is 10.4. The number of hydrogen-bond acceptors (Lipinski definition) is 4. The third-order valence-electron chi connectivity index (χ3n) is 2.44. The highest BCUT2D eigenvalue weighted by Crippen LogP contribution is 1.92. The fourth-order valence-electron chi connectivity index (χ4n) is 1.32. The molecule has 0 aliphatic carbocycles. The van der Waals surface area contributed by atoms with Crippen molar-refractivity contribution in [3.8, 4) is 0 Å². The Morgan fingerprint density at radius 3 is 3.00 bits per heavy atom. The summed E-state index contributed by atoms with van der Waals surface area (Å²) in [7, 11) is 0. The average Bonchev–Trinajstić information content (AvgIpc) is 2.37. The van der Waals surface area contributed by atoms with Gasteiger partial charge in [-0.1, -0.05) is 13.3 Å². The lowest BCUT2D eigenvalue weighted by molar-refractivity contribution is -0.122. The second-order valence-electron chi connectivity index (χ2n) is 3.96. The second-order valence-corrected chi connectivity index (χ2v) is 3.96. The van der Waals surface area contributed by atoms with Crippen LogP contribution in [0.15, 0.2) is 18.3 Å². The minimum Gasteiger partial charge on any atom is -0.355 e. The Morgan fingerprint density at radius 2 is 2.35 bits per heavy atom. The van der Waals surface area contributed by atoms with Gasteiger partial charge in [0.15, 0.2) is 0 Å². The smallest absolute Gasteiger partial charge is 0.236 e. The fraction of sp³-hybridized carbons (Fsp3) is 0.583. The van der Waals surface area contributed by atoms with Crippen molar-refractivity contribution in [1.29, 1.82) is 0 Å². The van der Waals surface area contributed by atoms with Crippen LogP contribution in [0, 0.1) is 0 Å². The van der Waals surface area contributed by atoms with Crippen LogP contribution < -0.4 is 10.6 Å². The maximum atomic E-state index is 11.6. The third-order valence-corrected chi connectivity index (χ3v) is 2.44. The molecule has 1 rings (SSSR count). The Bertz CT molecular complexity index is 329. The first-order valence-electron chi connectivity index (χ1n) is 6.01.